The Balaban J connectivity index is 2.03. The van der Waals surface area contributed by atoms with Crippen molar-refractivity contribution in [1.29, 1.82) is 0 Å². The number of rotatable bonds is 10. The van der Waals surface area contributed by atoms with E-state index in [2.05, 4.69) is 10.3 Å². The maximum Gasteiger partial charge on any atom is 0.328 e. The van der Waals surface area contributed by atoms with Gasteiger partial charge in [0.1, 0.15) is 24.0 Å². The molecule has 0 spiro atoms. The van der Waals surface area contributed by atoms with Crippen molar-refractivity contribution in [2.75, 3.05) is 7.11 Å². The molecular weight excluding hydrogens is 436 g/mol. The number of halogens is 1. The van der Waals surface area contributed by atoms with Gasteiger partial charge in [-0.15, -0.1) is 0 Å². The minimum atomic E-state index is -0.983. The molecule has 1 heterocycles. The van der Waals surface area contributed by atoms with Gasteiger partial charge in [0, 0.05) is 17.3 Å². The van der Waals surface area contributed by atoms with Crippen LogP contribution in [0.3, 0.4) is 0 Å². The molecule has 0 bridgehead atoms. The molecule has 2 rings (SSSR count). The molecule has 2 aromatic rings. The standard InChI is InChI=1S/C23H29ClN2O6/c1-13(2)11-19(32-17-8-6-7-16(24)12-17)15(4)31-23(29)14(3)26-22(28)20-21(27)18(30-5)9-10-25-20/h6-10,12-15,19,27H,11H2,1-5H3,(H,26,28)/t14-,15-,19+/m0/s1. The lowest BCUT2D eigenvalue weighted by atomic mass is 10.0. The number of nitrogens with zero attached hydrogens (tertiary/aromatic N) is 1. The molecule has 0 fully saturated rings. The lowest BCUT2D eigenvalue weighted by Crippen LogP contribution is -2.43. The average molecular weight is 465 g/mol. The van der Waals surface area contributed by atoms with Gasteiger partial charge in [0.2, 0.25) is 0 Å². The third kappa shape index (κ3) is 7.02. The quantitative estimate of drug-likeness (QED) is 0.512. The fourth-order valence-corrected chi connectivity index (χ4v) is 3.15. The number of carbonyl (C=O) groups excluding carboxylic acids is 2. The lowest BCUT2D eigenvalue weighted by molar-refractivity contribution is -0.155. The van der Waals surface area contributed by atoms with E-state index >= 15 is 0 Å². The fourth-order valence-electron chi connectivity index (χ4n) is 2.97. The number of benzene rings is 1. The van der Waals surface area contributed by atoms with Crippen LogP contribution in [0.25, 0.3) is 0 Å². The first-order valence-corrected chi connectivity index (χ1v) is 10.7. The Kier molecular flexibility index (Phi) is 9.13. The predicted octanol–water partition coefficient (Wildman–Crippen LogP) is 3.99. The van der Waals surface area contributed by atoms with E-state index in [9.17, 15) is 14.7 Å². The first-order chi connectivity index (χ1) is 15.1. The Hall–Kier alpha value is -3.00. The summed E-state index contributed by atoms with van der Waals surface area (Å²) in [5.74, 6) is -0.812. The van der Waals surface area contributed by atoms with E-state index in [0.717, 1.165) is 0 Å². The van der Waals surface area contributed by atoms with Gasteiger partial charge in [0.05, 0.1) is 7.11 Å². The van der Waals surface area contributed by atoms with Crippen LogP contribution in [-0.4, -0.2) is 47.3 Å². The summed E-state index contributed by atoms with van der Waals surface area (Å²) in [4.78, 5) is 28.9. The van der Waals surface area contributed by atoms with Crippen molar-refractivity contribution in [3.63, 3.8) is 0 Å². The average Bonchev–Trinajstić information content (AvgIpc) is 2.72. The van der Waals surface area contributed by atoms with E-state index < -0.39 is 35.9 Å². The van der Waals surface area contributed by atoms with E-state index in [0.29, 0.717) is 23.1 Å². The Morgan fingerprint density at radius 3 is 2.53 bits per heavy atom. The van der Waals surface area contributed by atoms with Crippen molar-refractivity contribution in [2.24, 2.45) is 5.92 Å². The number of aromatic nitrogens is 1. The second kappa shape index (κ2) is 11.6. The molecule has 0 saturated heterocycles. The summed E-state index contributed by atoms with van der Waals surface area (Å²) in [5.41, 5.74) is -0.251. The van der Waals surface area contributed by atoms with E-state index in [1.807, 2.05) is 13.8 Å². The molecule has 32 heavy (non-hydrogen) atoms. The van der Waals surface area contributed by atoms with Crippen molar-refractivity contribution >= 4 is 23.5 Å². The molecule has 8 nitrogen and oxygen atoms in total. The number of esters is 1. The number of ether oxygens (including phenoxy) is 3. The van der Waals surface area contributed by atoms with E-state index in [4.69, 9.17) is 25.8 Å². The van der Waals surface area contributed by atoms with Gasteiger partial charge in [-0.2, -0.15) is 0 Å². The van der Waals surface area contributed by atoms with Crippen molar-refractivity contribution < 1.29 is 28.9 Å². The number of hydrogen-bond donors (Lipinski definition) is 2. The number of carbonyl (C=O) groups is 2. The highest BCUT2D eigenvalue weighted by atomic mass is 35.5. The highest BCUT2D eigenvalue weighted by molar-refractivity contribution is 6.30. The first-order valence-electron chi connectivity index (χ1n) is 10.3. The maximum absolute atomic E-state index is 12.6. The molecule has 174 valence electrons. The van der Waals surface area contributed by atoms with Crippen LogP contribution >= 0.6 is 11.6 Å². The molecule has 1 amide bonds. The Labute approximate surface area is 192 Å². The number of aromatic hydroxyl groups is 1. The van der Waals surface area contributed by atoms with Crippen molar-refractivity contribution in [3.8, 4) is 17.2 Å². The monoisotopic (exact) mass is 464 g/mol. The zero-order valence-corrected chi connectivity index (χ0v) is 19.6. The van der Waals surface area contributed by atoms with Gasteiger partial charge in [-0.3, -0.25) is 4.79 Å². The third-order valence-corrected chi connectivity index (χ3v) is 4.87. The molecule has 0 unspecified atom stereocenters. The molecule has 2 N–H and O–H groups in total. The molecule has 0 radical (unpaired) electrons. The molecule has 0 saturated carbocycles. The van der Waals surface area contributed by atoms with Gasteiger partial charge in [0.25, 0.3) is 5.91 Å². The summed E-state index contributed by atoms with van der Waals surface area (Å²) in [5, 5.41) is 13.1. The van der Waals surface area contributed by atoms with Crippen LogP contribution in [0.1, 0.15) is 44.6 Å². The number of nitrogens with one attached hydrogen (secondary N) is 1. The minimum absolute atomic E-state index is 0.101. The van der Waals surface area contributed by atoms with E-state index in [-0.39, 0.29) is 11.4 Å². The fraction of sp³-hybridized carbons (Fsp3) is 0.435. The van der Waals surface area contributed by atoms with Gasteiger partial charge in [-0.05, 0) is 44.4 Å². The first kappa shape index (κ1) is 25.3. The zero-order valence-electron chi connectivity index (χ0n) is 18.8. The Morgan fingerprint density at radius 2 is 1.91 bits per heavy atom. The van der Waals surface area contributed by atoms with Crippen molar-refractivity contribution in [2.45, 2.75) is 52.4 Å². The van der Waals surface area contributed by atoms with Crippen LogP contribution in [-0.2, 0) is 9.53 Å². The van der Waals surface area contributed by atoms with Crippen LogP contribution in [0.5, 0.6) is 17.2 Å². The summed E-state index contributed by atoms with van der Waals surface area (Å²) < 4.78 is 16.6. The Bertz CT molecular complexity index is 936. The maximum atomic E-state index is 12.6. The molecular formula is C23H29ClN2O6. The smallest absolute Gasteiger partial charge is 0.328 e. The zero-order chi connectivity index (χ0) is 23.8. The molecule has 1 aromatic heterocycles. The predicted molar refractivity (Wildman–Crippen MR) is 120 cm³/mol. The van der Waals surface area contributed by atoms with Gasteiger partial charge in [-0.1, -0.05) is 31.5 Å². The van der Waals surface area contributed by atoms with E-state index in [1.54, 1.807) is 31.2 Å². The minimum Gasteiger partial charge on any atom is -0.503 e. The number of hydrogen-bond acceptors (Lipinski definition) is 7. The summed E-state index contributed by atoms with van der Waals surface area (Å²) in [7, 11) is 1.36. The van der Waals surface area contributed by atoms with Crippen LogP contribution in [0, 0.1) is 5.92 Å². The van der Waals surface area contributed by atoms with Gasteiger partial charge in [-0.25, -0.2) is 9.78 Å². The van der Waals surface area contributed by atoms with Crippen molar-refractivity contribution in [1.82, 2.24) is 10.3 Å². The molecule has 0 aliphatic carbocycles. The van der Waals surface area contributed by atoms with Crippen molar-refractivity contribution in [3.05, 3.63) is 47.2 Å². The van der Waals surface area contributed by atoms with Gasteiger partial charge < -0.3 is 24.6 Å². The van der Waals surface area contributed by atoms with Crippen LogP contribution in [0.15, 0.2) is 36.5 Å². The number of methoxy groups -OCH3 is 1. The second-order valence-corrected chi connectivity index (χ2v) is 8.23. The summed E-state index contributed by atoms with van der Waals surface area (Å²) in [6.45, 7) is 7.30. The largest absolute Gasteiger partial charge is 0.503 e. The summed E-state index contributed by atoms with van der Waals surface area (Å²) >= 11 is 6.03. The number of amides is 1. The highest BCUT2D eigenvalue weighted by Crippen LogP contribution is 2.27. The highest BCUT2D eigenvalue weighted by Gasteiger charge is 2.28. The summed E-state index contributed by atoms with van der Waals surface area (Å²) in [6.07, 6.45) is 0.960. The molecule has 0 aliphatic rings. The third-order valence-electron chi connectivity index (χ3n) is 4.64. The number of pyridine rings is 1. The van der Waals surface area contributed by atoms with E-state index in [1.165, 1.54) is 26.3 Å². The molecule has 1 aromatic carbocycles. The van der Waals surface area contributed by atoms with Crippen LogP contribution in [0.4, 0.5) is 0 Å². The molecule has 9 heteroatoms. The normalized spacial score (nSPS) is 13.7. The SMILES string of the molecule is COc1ccnc(C(=O)N[C@@H](C)C(=O)O[C@@H](C)[C@@H](CC(C)C)Oc2cccc(Cl)c2)c1O. The van der Waals surface area contributed by atoms with Crippen LogP contribution < -0.4 is 14.8 Å². The van der Waals surface area contributed by atoms with Gasteiger partial charge in [0.15, 0.2) is 17.2 Å². The molecule has 3 atom stereocenters. The summed E-state index contributed by atoms with van der Waals surface area (Å²) in [6, 6.07) is 7.43. The van der Waals surface area contributed by atoms with Gasteiger partial charge >= 0.3 is 5.97 Å². The van der Waals surface area contributed by atoms with Crippen LogP contribution in [0.2, 0.25) is 5.02 Å². The topological polar surface area (TPSA) is 107 Å². The second-order valence-electron chi connectivity index (χ2n) is 7.79. The molecule has 0 aliphatic heterocycles. The Morgan fingerprint density at radius 1 is 1.19 bits per heavy atom. The lowest BCUT2D eigenvalue weighted by Gasteiger charge is -2.27.